The number of allylic oxidation sites excluding steroid dienone is 2. The number of aromatic nitrogens is 3. The van der Waals surface area contributed by atoms with Crippen LogP contribution in [0.25, 0.3) is 34.2 Å². The van der Waals surface area contributed by atoms with Crippen molar-refractivity contribution in [2.24, 2.45) is 4.99 Å². The number of amidine groups is 1. The van der Waals surface area contributed by atoms with Crippen LogP contribution in [-0.2, 0) is 0 Å². The Kier molecular flexibility index (Phi) is 5.87. The Morgan fingerprint density at radius 2 is 1.00 bits per heavy atom. The molecule has 5 aromatic rings. The van der Waals surface area contributed by atoms with E-state index < -0.39 is 0 Å². The molecular formula is C34H25N5. The summed E-state index contributed by atoms with van der Waals surface area (Å²) in [6.07, 6.45) is 8.57. The van der Waals surface area contributed by atoms with Crippen molar-refractivity contribution >= 4 is 11.5 Å². The first kappa shape index (κ1) is 23.0. The monoisotopic (exact) mass is 503 g/mol. The fourth-order valence-electron chi connectivity index (χ4n) is 5.11. The molecule has 1 aromatic heterocycles. The van der Waals surface area contributed by atoms with Gasteiger partial charge in [0, 0.05) is 27.9 Å². The van der Waals surface area contributed by atoms with Crippen molar-refractivity contribution in [3.63, 3.8) is 0 Å². The highest BCUT2D eigenvalue weighted by Gasteiger charge is 2.35. The van der Waals surface area contributed by atoms with Crippen molar-refractivity contribution in [2.75, 3.05) is 4.90 Å². The molecule has 0 bridgehead atoms. The molecule has 7 rings (SSSR count). The SMILES string of the molecule is C1=CC2N=C(c3ccccc3)N(c3cccc(-c4nc(-c5ccccc5)nc(-c5ccccc5)n4)c3)C2C=C1. The van der Waals surface area contributed by atoms with Gasteiger partial charge in [0.2, 0.25) is 0 Å². The summed E-state index contributed by atoms with van der Waals surface area (Å²) in [4.78, 5) is 22.1. The Morgan fingerprint density at radius 1 is 0.487 bits per heavy atom. The van der Waals surface area contributed by atoms with Crippen LogP contribution in [0.3, 0.4) is 0 Å². The first-order chi connectivity index (χ1) is 19.3. The normalized spacial score (nSPS) is 17.6. The molecule has 2 aliphatic rings. The number of hydrogen-bond acceptors (Lipinski definition) is 5. The van der Waals surface area contributed by atoms with Gasteiger partial charge in [-0.25, -0.2) is 15.0 Å². The maximum absolute atomic E-state index is 5.11. The van der Waals surface area contributed by atoms with E-state index >= 15 is 0 Å². The van der Waals surface area contributed by atoms with Crippen molar-refractivity contribution in [1.29, 1.82) is 0 Å². The van der Waals surface area contributed by atoms with E-state index in [9.17, 15) is 0 Å². The number of anilines is 1. The van der Waals surface area contributed by atoms with Crippen LogP contribution in [0, 0.1) is 0 Å². The zero-order valence-electron chi connectivity index (χ0n) is 21.2. The first-order valence-corrected chi connectivity index (χ1v) is 13.1. The number of aliphatic imine (C=N–C) groups is 1. The van der Waals surface area contributed by atoms with E-state index in [1.54, 1.807) is 0 Å². The van der Waals surface area contributed by atoms with Crippen molar-refractivity contribution < 1.29 is 0 Å². The minimum absolute atomic E-state index is 0.0698. The molecule has 2 atom stereocenters. The molecule has 0 fully saturated rings. The van der Waals surface area contributed by atoms with Gasteiger partial charge in [0.15, 0.2) is 17.5 Å². The van der Waals surface area contributed by atoms with Gasteiger partial charge in [-0.1, -0.05) is 127 Å². The minimum Gasteiger partial charge on any atom is -0.317 e. The summed E-state index contributed by atoms with van der Waals surface area (Å²) < 4.78 is 0. The van der Waals surface area contributed by atoms with Crippen LogP contribution < -0.4 is 4.90 Å². The molecule has 0 amide bonds. The third kappa shape index (κ3) is 4.44. The molecule has 186 valence electrons. The second-order valence-electron chi connectivity index (χ2n) is 9.53. The van der Waals surface area contributed by atoms with Crippen LogP contribution in [0.1, 0.15) is 5.56 Å². The molecule has 0 radical (unpaired) electrons. The van der Waals surface area contributed by atoms with Gasteiger partial charge in [0.1, 0.15) is 5.84 Å². The lowest BCUT2D eigenvalue weighted by atomic mass is 10.0. The maximum Gasteiger partial charge on any atom is 0.164 e. The van der Waals surface area contributed by atoms with Crippen molar-refractivity contribution in [3.8, 4) is 34.2 Å². The van der Waals surface area contributed by atoms with Gasteiger partial charge in [-0.15, -0.1) is 0 Å². The Balaban J connectivity index is 1.35. The van der Waals surface area contributed by atoms with Crippen molar-refractivity contribution in [2.45, 2.75) is 12.1 Å². The minimum atomic E-state index is 0.0698. The summed E-state index contributed by atoms with van der Waals surface area (Å²) >= 11 is 0. The van der Waals surface area contributed by atoms with Crippen LogP contribution >= 0.6 is 0 Å². The summed E-state index contributed by atoms with van der Waals surface area (Å²) in [6, 6.07) is 39.1. The van der Waals surface area contributed by atoms with Crippen LogP contribution in [0.4, 0.5) is 5.69 Å². The lowest BCUT2D eigenvalue weighted by molar-refractivity contribution is 0.739. The van der Waals surface area contributed by atoms with Gasteiger partial charge >= 0.3 is 0 Å². The first-order valence-electron chi connectivity index (χ1n) is 13.1. The van der Waals surface area contributed by atoms with E-state index in [0.717, 1.165) is 33.8 Å². The smallest absolute Gasteiger partial charge is 0.164 e. The molecule has 1 aliphatic heterocycles. The van der Waals surface area contributed by atoms with Gasteiger partial charge in [0.25, 0.3) is 0 Å². The highest BCUT2D eigenvalue weighted by molar-refractivity contribution is 6.12. The zero-order valence-corrected chi connectivity index (χ0v) is 21.2. The molecule has 5 heteroatoms. The van der Waals surface area contributed by atoms with E-state index in [2.05, 4.69) is 77.7 Å². The van der Waals surface area contributed by atoms with Gasteiger partial charge in [-0.3, -0.25) is 4.99 Å². The number of rotatable bonds is 5. The predicted octanol–water partition coefficient (Wildman–Crippen LogP) is 7.00. The Bertz CT molecular complexity index is 1650. The second-order valence-corrected chi connectivity index (χ2v) is 9.53. The maximum atomic E-state index is 5.11. The van der Waals surface area contributed by atoms with Crippen molar-refractivity contribution in [3.05, 3.63) is 145 Å². The molecule has 5 nitrogen and oxygen atoms in total. The Morgan fingerprint density at radius 3 is 1.62 bits per heavy atom. The van der Waals surface area contributed by atoms with E-state index in [-0.39, 0.29) is 12.1 Å². The predicted molar refractivity (Wildman–Crippen MR) is 157 cm³/mol. The number of hydrogen-bond donors (Lipinski definition) is 0. The molecule has 4 aromatic carbocycles. The molecular weight excluding hydrogens is 478 g/mol. The standard InChI is InChI=1S/C34H25N5/c1-4-13-24(14-5-1)31-36-32(25-15-6-2-7-16-25)38-33(37-31)27-19-12-20-28(23-27)39-30-22-11-10-21-29(30)35-34(39)26-17-8-3-9-18-26/h1-23,29-30H. The summed E-state index contributed by atoms with van der Waals surface area (Å²) in [5.41, 5.74) is 4.97. The van der Waals surface area contributed by atoms with E-state index in [1.807, 2.05) is 66.7 Å². The van der Waals surface area contributed by atoms with Crippen LogP contribution in [0.5, 0.6) is 0 Å². The molecule has 0 saturated heterocycles. The topological polar surface area (TPSA) is 54.3 Å². The van der Waals surface area contributed by atoms with E-state index in [4.69, 9.17) is 19.9 Å². The van der Waals surface area contributed by atoms with Gasteiger partial charge < -0.3 is 4.90 Å². The molecule has 1 aliphatic carbocycles. The Hall–Kier alpha value is -5.16. The molecule has 2 unspecified atom stereocenters. The number of fused-ring (bicyclic) bond motifs is 1. The second kappa shape index (κ2) is 9.95. The third-order valence-electron chi connectivity index (χ3n) is 6.99. The Labute approximate surface area is 227 Å². The lowest BCUT2D eigenvalue weighted by Gasteiger charge is -2.29. The molecule has 0 N–H and O–H groups in total. The average Bonchev–Trinajstić information content (AvgIpc) is 3.42. The number of nitrogens with zero attached hydrogens (tertiary/aromatic N) is 5. The zero-order chi connectivity index (χ0) is 26.0. The number of benzene rings is 4. The lowest BCUT2D eigenvalue weighted by Crippen LogP contribution is -2.39. The van der Waals surface area contributed by atoms with Gasteiger partial charge in [-0.2, -0.15) is 0 Å². The fourth-order valence-corrected chi connectivity index (χ4v) is 5.11. The molecule has 0 spiro atoms. The van der Waals surface area contributed by atoms with E-state index in [0.29, 0.717) is 17.5 Å². The van der Waals surface area contributed by atoms with Crippen molar-refractivity contribution in [1.82, 2.24) is 15.0 Å². The quantitative estimate of drug-likeness (QED) is 0.259. The summed E-state index contributed by atoms with van der Waals surface area (Å²) in [7, 11) is 0. The molecule has 0 saturated carbocycles. The third-order valence-corrected chi connectivity index (χ3v) is 6.99. The average molecular weight is 504 g/mol. The summed E-state index contributed by atoms with van der Waals surface area (Å²) in [5, 5.41) is 0. The van der Waals surface area contributed by atoms with E-state index in [1.165, 1.54) is 0 Å². The summed E-state index contributed by atoms with van der Waals surface area (Å²) in [6.45, 7) is 0. The van der Waals surface area contributed by atoms with Crippen LogP contribution in [0.2, 0.25) is 0 Å². The van der Waals surface area contributed by atoms with Gasteiger partial charge in [-0.05, 0) is 12.1 Å². The highest BCUT2D eigenvalue weighted by atomic mass is 15.3. The largest absolute Gasteiger partial charge is 0.317 e. The fraction of sp³-hybridized carbons (Fsp3) is 0.0588. The van der Waals surface area contributed by atoms with Crippen LogP contribution in [-0.4, -0.2) is 32.9 Å². The summed E-state index contributed by atoms with van der Waals surface area (Å²) in [5.74, 6) is 2.90. The molecule has 2 heterocycles. The highest BCUT2D eigenvalue weighted by Crippen LogP contribution is 2.34. The van der Waals surface area contributed by atoms with Crippen LogP contribution in [0.15, 0.2) is 145 Å². The molecule has 39 heavy (non-hydrogen) atoms. The van der Waals surface area contributed by atoms with Gasteiger partial charge in [0.05, 0.1) is 12.1 Å².